The summed E-state index contributed by atoms with van der Waals surface area (Å²) in [4.78, 5) is 8.84. The normalized spacial score (nSPS) is 29.7. The maximum atomic E-state index is 12.6. The molecule has 0 radical (unpaired) electrons. The lowest BCUT2D eigenvalue weighted by Crippen LogP contribution is -2.56. The molecular formula is C18H33F3IN5OS. The van der Waals surface area contributed by atoms with Crippen LogP contribution in [0, 0.1) is 0 Å². The predicted octanol–water partition coefficient (Wildman–Crippen LogP) is 2.00. The van der Waals surface area contributed by atoms with Crippen LogP contribution in [-0.4, -0.2) is 104 Å². The van der Waals surface area contributed by atoms with Crippen LogP contribution in [-0.2, 0) is 4.74 Å². The fraction of sp³-hybridized carbons (Fsp3) is 0.944. The largest absolute Gasteiger partial charge is 0.401 e. The Morgan fingerprint density at radius 3 is 2.66 bits per heavy atom. The molecule has 11 heteroatoms. The molecule has 170 valence electrons. The second kappa shape index (κ2) is 11.6. The Labute approximate surface area is 192 Å². The number of halogens is 4. The molecule has 0 amide bonds. The van der Waals surface area contributed by atoms with Gasteiger partial charge < -0.3 is 15.4 Å². The van der Waals surface area contributed by atoms with Crippen molar-refractivity contribution in [1.29, 1.82) is 0 Å². The number of likely N-dealkylation sites (tertiary alicyclic amines) is 1. The van der Waals surface area contributed by atoms with Gasteiger partial charge >= 0.3 is 6.18 Å². The van der Waals surface area contributed by atoms with Crippen LogP contribution in [0.15, 0.2) is 4.99 Å². The lowest BCUT2D eigenvalue weighted by atomic mass is 9.96. The maximum Gasteiger partial charge on any atom is 0.401 e. The highest BCUT2D eigenvalue weighted by atomic mass is 127. The molecule has 2 unspecified atom stereocenters. The Kier molecular flexibility index (Phi) is 10.1. The SMILES string of the molecule is CCNC(=NCC1(N2CCOCC2)CCSC1)NC1CCN(CC(F)(F)F)C1.I. The molecule has 3 fully saturated rings. The fourth-order valence-corrected chi connectivity index (χ4v) is 5.66. The molecule has 6 nitrogen and oxygen atoms in total. The van der Waals surface area contributed by atoms with Crippen LogP contribution in [0.3, 0.4) is 0 Å². The second-order valence-corrected chi connectivity index (χ2v) is 8.91. The average Bonchev–Trinajstić information content (AvgIpc) is 3.30. The zero-order chi connectivity index (χ0) is 20.0. The van der Waals surface area contributed by atoms with Crippen LogP contribution < -0.4 is 10.6 Å². The summed E-state index contributed by atoms with van der Waals surface area (Å²) in [5.74, 6) is 2.93. The van der Waals surface area contributed by atoms with Crippen LogP contribution in [0.1, 0.15) is 19.8 Å². The molecule has 0 saturated carbocycles. The van der Waals surface area contributed by atoms with Gasteiger partial charge in [-0.05, 0) is 25.5 Å². The smallest absolute Gasteiger partial charge is 0.379 e. The third kappa shape index (κ3) is 7.58. The second-order valence-electron chi connectivity index (χ2n) is 7.80. The van der Waals surface area contributed by atoms with E-state index < -0.39 is 12.7 Å². The van der Waals surface area contributed by atoms with Crippen molar-refractivity contribution >= 4 is 41.7 Å². The van der Waals surface area contributed by atoms with Crippen LogP contribution in [0.5, 0.6) is 0 Å². The number of hydrogen-bond acceptors (Lipinski definition) is 5. The van der Waals surface area contributed by atoms with Crippen molar-refractivity contribution in [2.24, 2.45) is 4.99 Å². The third-order valence-electron chi connectivity index (χ3n) is 5.66. The molecule has 3 saturated heterocycles. The van der Waals surface area contributed by atoms with Gasteiger partial charge in [0, 0.05) is 44.5 Å². The molecule has 0 aliphatic carbocycles. The first-order valence-electron chi connectivity index (χ1n) is 10.1. The number of alkyl halides is 3. The summed E-state index contributed by atoms with van der Waals surface area (Å²) in [6, 6.07) is -0.00237. The van der Waals surface area contributed by atoms with Gasteiger partial charge in [-0.3, -0.25) is 14.8 Å². The Morgan fingerprint density at radius 2 is 2.03 bits per heavy atom. The van der Waals surface area contributed by atoms with Crippen molar-refractivity contribution in [2.75, 3.05) is 70.5 Å². The molecular weight excluding hydrogens is 518 g/mol. The Bertz CT molecular complexity index is 528. The molecule has 0 bridgehead atoms. The molecule has 0 aromatic carbocycles. The van der Waals surface area contributed by atoms with Gasteiger partial charge in [-0.1, -0.05) is 0 Å². The van der Waals surface area contributed by atoms with E-state index in [0.29, 0.717) is 32.0 Å². The molecule has 3 aliphatic heterocycles. The van der Waals surface area contributed by atoms with E-state index >= 15 is 0 Å². The zero-order valence-electron chi connectivity index (χ0n) is 17.0. The molecule has 29 heavy (non-hydrogen) atoms. The van der Waals surface area contributed by atoms with Crippen LogP contribution in [0.4, 0.5) is 13.2 Å². The monoisotopic (exact) mass is 551 g/mol. The van der Waals surface area contributed by atoms with Crippen LogP contribution >= 0.6 is 35.7 Å². The lowest BCUT2D eigenvalue weighted by Gasteiger charge is -2.42. The highest BCUT2D eigenvalue weighted by Gasteiger charge is 2.41. The highest BCUT2D eigenvalue weighted by molar-refractivity contribution is 14.0. The number of guanidine groups is 1. The number of ether oxygens (including phenoxy) is 1. The van der Waals surface area contributed by atoms with Crippen molar-refractivity contribution in [1.82, 2.24) is 20.4 Å². The van der Waals surface area contributed by atoms with Gasteiger partial charge in [0.2, 0.25) is 0 Å². The van der Waals surface area contributed by atoms with Gasteiger partial charge in [0.05, 0.1) is 31.8 Å². The van der Waals surface area contributed by atoms with Crippen molar-refractivity contribution in [2.45, 2.75) is 37.5 Å². The van der Waals surface area contributed by atoms with E-state index in [0.717, 1.165) is 50.8 Å². The van der Waals surface area contributed by atoms with Gasteiger partial charge in [-0.2, -0.15) is 24.9 Å². The number of nitrogens with zero attached hydrogens (tertiary/aromatic N) is 3. The Balaban J connectivity index is 0.00000300. The van der Waals surface area contributed by atoms with E-state index in [1.165, 1.54) is 4.90 Å². The number of hydrogen-bond donors (Lipinski definition) is 2. The summed E-state index contributed by atoms with van der Waals surface area (Å²) in [6.45, 7) is 6.88. The van der Waals surface area contributed by atoms with E-state index in [1.54, 1.807) is 0 Å². The molecule has 2 N–H and O–H groups in total. The minimum Gasteiger partial charge on any atom is -0.379 e. The van der Waals surface area contributed by atoms with Gasteiger partial charge in [0.15, 0.2) is 5.96 Å². The summed E-state index contributed by atoms with van der Waals surface area (Å²) in [5.41, 5.74) is 0.0643. The van der Waals surface area contributed by atoms with E-state index in [-0.39, 0.29) is 35.6 Å². The minimum absolute atomic E-state index is 0. The number of nitrogens with one attached hydrogen (secondary N) is 2. The van der Waals surface area contributed by atoms with Crippen molar-refractivity contribution in [3.05, 3.63) is 0 Å². The predicted molar refractivity (Wildman–Crippen MR) is 122 cm³/mol. The van der Waals surface area contributed by atoms with Crippen LogP contribution in [0.25, 0.3) is 0 Å². The summed E-state index contributed by atoms with van der Waals surface area (Å²) >= 11 is 1.97. The van der Waals surface area contributed by atoms with E-state index in [1.807, 2.05) is 18.7 Å². The first kappa shape index (κ1) is 25.3. The number of morpholine rings is 1. The lowest BCUT2D eigenvalue weighted by molar-refractivity contribution is -0.143. The van der Waals surface area contributed by atoms with E-state index in [2.05, 4.69) is 15.5 Å². The average molecular weight is 551 g/mol. The first-order chi connectivity index (χ1) is 13.4. The Morgan fingerprint density at radius 1 is 1.28 bits per heavy atom. The third-order valence-corrected chi connectivity index (χ3v) is 6.89. The standard InChI is InChI=1S/C18H32F3N5OS.HI/c1-2-22-16(24-15-3-5-25(11-15)13-18(19,20)21)23-12-17(4-10-28-14-17)26-6-8-27-9-7-26;/h15H,2-14H2,1H3,(H2,22,23,24);1H. The topological polar surface area (TPSA) is 52.1 Å². The summed E-state index contributed by atoms with van der Waals surface area (Å²) in [5, 5.41) is 6.62. The summed E-state index contributed by atoms with van der Waals surface area (Å²) in [7, 11) is 0. The molecule has 3 aliphatic rings. The highest BCUT2D eigenvalue weighted by Crippen LogP contribution is 2.34. The molecule has 3 heterocycles. The van der Waals surface area contributed by atoms with Gasteiger partial charge in [0.25, 0.3) is 0 Å². The minimum atomic E-state index is -4.14. The zero-order valence-corrected chi connectivity index (χ0v) is 20.1. The Hall–Kier alpha value is 0.0200. The first-order valence-corrected chi connectivity index (χ1v) is 11.3. The number of aliphatic imine (C=N–C) groups is 1. The quantitative estimate of drug-likeness (QED) is 0.300. The van der Waals surface area contributed by atoms with E-state index in [4.69, 9.17) is 9.73 Å². The molecule has 2 atom stereocenters. The van der Waals surface area contributed by atoms with Crippen molar-refractivity contribution < 1.29 is 17.9 Å². The van der Waals surface area contributed by atoms with Gasteiger partial charge in [-0.25, -0.2) is 0 Å². The summed E-state index contributed by atoms with van der Waals surface area (Å²) < 4.78 is 43.4. The maximum absolute atomic E-state index is 12.6. The molecule has 0 spiro atoms. The van der Waals surface area contributed by atoms with Crippen molar-refractivity contribution in [3.8, 4) is 0 Å². The molecule has 0 aromatic rings. The molecule has 0 aromatic heterocycles. The summed E-state index contributed by atoms with van der Waals surface area (Å²) in [6.07, 6.45) is -2.33. The number of rotatable bonds is 6. The number of thioether (sulfide) groups is 1. The van der Waals surface area contributed by atoms with Crippen LogP contribution in [0.2, 0.25) is 0 Å². The fourth-order valence-electron chi connectivity index (χ4n) is 4.20. The molecule has 3 rings (SSSR count). The van der Waals surface area contributed by atoms with E-state index in [9.17, 15) is 13.2 Å². The van der Waals surface area contributed by atoms with Gasteiger partial charge in [0.1, 0.15) is 0 Å². The van der Waals surface area contributed by atoms with Gasteiger partial charge in [-0.15, -0.1) is 24.0 Å². The van der Waals surface area contributed by atoms with Crippen molar-refractivity contribution in [3.63, 3.8) is 0 Å².